The molecule has 1 N–H and O–H groups in total. The Bertz CT molecular complexity index is 1140. The maximum atomic E-state index is 13.9. The molecule has 1 aliphatic carbocycles. The normalized spacial score (nSPS) is 22.4. The lowest BCUT2D eigenvalue weighted by Gasteiger charge is -2.34. The molecule has 3 atom stereocenters. The Hall–Kier alpha value is -3.64. The van der Waals surface area contributed by atoms with Gasteiger partial charge in [-0.1, -0.05) is 0 Å². The van der Waals surface area contributed by atoms with Gasteiger partial charge in [-0.25, -0.2) is 15.0 Å². The van der Waals surface area contributed by atoms with E-state index >= 15 is 0 Å². The van der Waals surface area contributed by atoms with E-state index in [1.54, 1.807) is 4.90 Å². The van der Waals surface area contributed by atoms with E-state index in [0.29, 0.717) is 19.2 Å². The highest BCUT2D eigenvalue weighted by Gasteiger charge is 2.48. The zero-order valence-electron chi connectivity index (χ0n) is 16.4. The SMILES string of the molecule is O=C(c1nc(F)ccc1-n1nccn1)N1CC2CC(Nc3cnc(C(F)(F)F)cn3)C1C2. The van der Waals surface area contributed by atoms with Crippen molar-refractivity contribution in [3.05, 3.63) is 54.3 Å². The monoisotopic (exact) mass is 448 g/mol. The van der Waals surface area contributed by atoms with Crippen LogP contribution in [0.5, 0.6) is 0 Å². The minimum Gasteiger partial charge on any atom is -0.364 e. The Morgan fingerprint density at radius 3 is 2.53 bits per heavy atom. The van der Waals surface area contributed by atoms with Crippen LogP contribution in [0.2, 0.25) is 0 Å². The van der Waals surface area contributed by atoms with Crippen molar-refractivity contribution in [3.8, 4) is 5.69 Å². The third-order valence-corrected chi connectivity index (χ3v) is 5.69. The molecule has 1 amide bonds. The minimum absolute atomic E-state index is 0.109. The minimum atomic E-state index is -4.57. The second-order valence-corrected chi connectivity index (χ2v) is 7.72. The van der Waals surface area contributed by atoms with E-state index < -0.39 is 23.7 Å². The number of rotatable bonds is 4. The van der Waals surface area contributed by atoms with Gasteiger partial charge in [-0.3, -0.25) is 4.79 Å². The highest BCUT2D eigenvalue weighted by Crippen LogP contribution is 2.40. The van der Waals surface area contributed by atoms with Crippen LogP contribution in [0.4, 0.5) is 23.4 Å². The van der Waals surface area contributed by atoms with Crippen molar-refractivity contribution in [1.29, 1.82) is 0 Å². The van der Waals surface area contributed by atoms with Crippen LogP contribution in [0.1, 0.15) is 29.0 Å². The van der Waals surface area contributed by atoms with E-state index in [9.17, 15) is 22.4 Å². The van der Waals surface area contributed by atoms with Crippen LogP contribution in [0.15, 0.2) is 36.9 Å². The summed E-state index contributed by atoms with van der Waals surface area (Å²) in [6, 6.07) is 2.03. The van der Waals surface area contributed by atoms with Crippen LogP contribution in [0.25, 0.3) is 5.69 Å². The van der Waals surface area contributed by atoms with Crippen molar-refractivity contribution in [3.63, 3.8) is 0 Å². The van der Waals surface area contributed by atoms with Gasteiger partial charge in [0.25, 0.3) is 5.91 Å². The smallest absolute Gasteiger partial charge is 0.364 e. The molecule has 3 aromatic heterocycles. The van der Waals surface area contributed by atoms with Gasteiger partial charge >= 0.3 is 6.18 Å². The lowest BCUT2D eigenvalue weighted by Crippen LogP contribution is -2.48. The number of amides is 1. The number of alkyl halides is 3. The Labute approximate surface area is 178 Å². The van der Waals surface area contributed by atoms with Gasteiger partial charge in [0.1, 0.15) is 11.5 Å². The molecular weight excluding hydrogens is 432 g/mol. The van der Waals surface area contributed by atoms with Gasteiger partial charge < -0.3 is 10.2 Å². The van der Waals surface area contributed by atoms with Crippen molar-refractivity contribution in [1.82, 2.24) is 34.8 Å². The fraction of sp³-hybridized carbons (Fsp3) is 0.368. The lowest BCUT2D eigenvalue weighted by molar-refractivity contribution is -0.141. The van der Waals surface area contributed by atoms with Crippen LogP contribution >= 0.6 is 0 Å². The Morgan fingerprint density at radius 1 is 1.09 bits per heavy atom. The molecule has 1 saturated carbocycles. The molecule has 1 aliphatic heterocycles. The summed E-state index contributed by atoms with van der Waals surface area (Å²) in [5.41, 5.74) is -0.936. The number of piperidine rings is 1. The summed E-state index contributed by atoms with van der Waals surface area (Å²) in [6.45, 7) is 0.477. The largest absolute Gasteiger partial charge is 0.434 e. The van der Waals surface area contributed by atoms with Crippen LogP contribution < -0.4 is 5.32 Å². The number of anilines is 1. The third-order valence-electron chi connectivity index (χ3n) is 5.69. The molecule has 1 saturated heterocycles. The van der Waals surface area contributed by atoms with E-state index in [-0.39, 0.29) is 35.2 Å². The zero-order chi connectivity index (χ0) is 22.5. The standard InChI is InChI=1S/C19H16F4N8O/c20-15-2-1-12(31-26-3-4-27-31)17(29-15)18(32)30-9-10-5-11(13(30)6-10)28-16-8-24-14(7-25-16)19(21,22)23/h1-4,7-8,10-11,13H,5-6,9H2,(H,25,28). The number of fused-ring (bicyclic) bond motifs is 2. The molecule has 3 aromatic rings. The fourth-order valence-electron chi connectivity index (χ4n) is 4.38. The molecule has 2 bridgehead atoms. The van der Waals surface area contributed by atoms with Gasteiger partial charge in [0.15, 0.2) is 11.4 Å². The number of nitrogens with one attached hydrogen (secondary N) is 1. The summed E-state index contributed by atoms with van der Waals surface area (Å²) < 4.78 is 52.0. The van der Waals surface area contributed by atoms with E-state index in [2.05, 4.69) is 30.5 Å². The van der Waals surface area contributed by atoms with E-state index in [0.717, 1.165) is 18.7 Å². The highest BCUT2D eigenvalue weighted by molar-refractivity contribution is 5.96. The maximum Gasteiger partial charge on any atom is 0.434 e. The van der Waals surface area contributed by atoms with E-state index in [1.165, 1.54) is 23.3 Å². The molecule has 4 heterocycles. The number of aromatic nitrogens is 6. The highest BCUT2D eigenvalue weighted by atomic mass is 19.4. The van der Waals surface area contributed by atoms with Crippen LogP contribution in [-0.4, -0.2) is 59.4 Å². The van der Waals surface area contributed by atoms with Crippen molar-refractivity contribution in [2.75, 3.05) is 11.9 Å². The Morgan fingerprint density at radius 2 is 1.88 bits per heavy atom. The van der Waals surface area contributed by atoms with Crippen molar-refractivity contribution < 1.29 is 22.4 Å². The number of likely N-dealkylation sites (tertiary alicyclic amines) is 1. The summed E-state index contributed by atoms with van der Waals surface area (Å²) in [6.07, 6.45) is 1.42. The quantitative estimate of drug-likeness (QED) is 0.483. The molecule has 2 aliphatic rings. The van der Waals surface area contributed by atoms with E-state index in [1.807, 2.05) is 0 Å². The third kappa shape index (κ3) is 3.63. The number of halogens is 4. The summed E-state index contributed by atoms with van der Waals surface area (Å²) in [7, 11) is 0. The van der Waals surface area contributed by atoms with Crippen LogP contribution in [0, 0.1) is 11.9 Å². The predicted molar refractivity (Wildman–Crippen MR) is 101 cm³/mol. The first kappa shape index (κ1) is 20.3. The molecule has 0 aromatic carbocycles. The van der Waals surface area contributed by atoms with Gasteiger partial charge in [0.05, 0.1) is 30.8 Å². The van der Waals surface area contributed by atoms with Crippen molar-refractivity contribution in [2.24, 2.45) is 5.92 Å². The van der Waals surface area contributed by atoms with Crippen molar-refractivity contribution in [2.45, 2.75) is 31.1 Å². The van der Waals surface area contributed by atoms with Gasteiger partial charge in [-0.05, 0) is 30.9 Å². The number of hydrogen-bond acceptors (Lipinski definition) is 7. The summed E-state index contributed by atoms with van der Waals surface area (Å²) >= 11 is 0. The zero-order valence-corrected chi connectivity index (χ0v) is 16.4. The molecule has 32 heavy (non-hydrogen) atoms. The Balaban J connectivity index is 1.37. The second kappa shape index (κ2) is 7.50. The number of carbonyl (C=O) groups is 1. The second-order valence-electron chi connectivity index (χ2n) is 7.72. The fourth-order valence-corrected chi connectivity index (χ4v) is 4.38. The number of pyridine rings is 1. The number of nitrogens with zero attached hydrogens (tertiary/aromatic N) is 7. The number of hydrogen-bond donors (Lipinski definition) is 1. The van der Waals surface area contributed by atoms with Crippen LogP contribution in [-0.2, 0) is 6.18 Å². The van der Waals surface area contributed by atoms with Gasteiger partial charge in [0, 0.05) is 12.6 Å². The Kier molecular flexibility index (Phi) is 4.75. The molecule has 2 fully saturated rings. The average Bonchev–Trinajstić information content (AvgIpc) is 3.50. The molecule has 5 rings (SSSR count). The topological polar surface area (TPSA) is 102 Å². The molecule has 166 valence electrons. The molecule has 3 unspecified atom stereocenters. The molecule has 9 nitrogen and oxygen atoms in total. The molecule has 13 heteroatoms. The first-order valence-electron chi connectivity index (χ1n) is 9.79. The predicted octanol–water partition coefficient (Wildman–Crippen LogP) is 2.33. The van der Waals surface area contributed by atoms with Crippen LogP contribution in [0.3, 0.4) is 0 Å². The summed E-state index contributed by atoms with van der Waals surface area (Å²) in [5.74, 6) is -0.880. The number of carbonyl (C=O) groups excluding carboxylic acids is 1. The average molecular weight is 448 g/mol. The van der Waals surface area contributed by atoms with Crippen molar-refractivity contribution >= 4 is 11.7 Å². The van der Waals surface area contributed by atoms with Gasteiger partial charge in [-0.2, -0.15) is 27.8 Å². The molecular formula is C19H16F4N8O. The summed E-state index contributed by atoms with van der Waals surface area (Å²) in [5, 5.41) is 11.1. The first-order chi connectivity index (χ1) is 15.3. The lowest BCUT2D eigenvalue weighted by atomic mass is 10.0. The van der Waals surface area contributed by atoms with E-state index in [4.69, 9.17) is 0 Å². The van der Waals surface area contributed by atoms with Gasteiger partial charge in [0.2, 0.25) is 5.95 Å². The first-order valence-corrected chi connectivity index (χ1v) is 9.79. The van der Waals surface area contributed by atoms with Gasteiger partial charge in [-0.15, -0.1) is 4.80 Å². The molecule has 0 spiro atoms. The summed E-state index contributed by atoms with van der Waals surface area (Å²) in [4.78, 5) is 27.1. The molecule has 0 radical (unpaired) electrons. The maximum absolute atomic E-state index is 13.9.